The molecule has 0 nitrogen and oxygen atoms in total. The molecule has 5 heteroatoms. The Morgan fingerprint density at radius 1 is 0.867 bits per heavy atom. The molecule has 15 heavy (non-hydrogen) atoms. The van der Waals surface area contributed by atoms with Crippen LogP contribution >= 0.6 is 0 Å². The second-order valence-corrected chi connectivity index (χ2v) is 4.46. The summed E-state index contributed by atoms with van der Waals surface area (Å²) in [5, 5.41) is 1.16. The maximum atomic E-state index is 5.56. The third kappa shape index (κ3) is 3.19. The van der Waals surface area contributed by atoms with Crippen LogP contribution in [0.25, 0.3) is 0 Å². The standard InChI is InChI=1S/C10H14B5/c11-13-10-12-8-6-4-2-1-3-5-7-9(8)14-15-10/h1-7H2. The Morgan fingerprint density at radius 2 is 1.53 bits per heavy atom. The first-order valence-corrected chi connectivity index (χ1v) is 6.07. The maximum absolute atomic E-state index is 5.56. The molecule has 0 aliphatic heterocycles. The first kappa shape index (κ1) is 11.4. The van der Waals surface area contributed by atoms with Crippen molar-refractivity contribution < 1.29 is 0 Å². The Bertz CT molecular complexity index is 326. The van der Waals surface area contributed by atoms with Crippen molar-refractivity contribution in [1.82, 2.24) is 0 Å². The van der Waals surface area contributed by atoms with Crippen LogP contribution in [0.1, 0.15) is 43.0 Å². The topological polar surface area (TPSA) is 0 Å². The molecule has 69 valence electrons. The molecule has 3 radical (unpaired) electrons. The van der Waals surface area contributed by atoms with E-state index in [1.54, 1.807) is 12.6 Å². The fraction of sp³-hybridized carbons (Fsp3) is 0.700. The SMILES string of the molecule is [B][B]c1bbc2c(b1)CCCCCCC2. The van der Waals surface area contributed by atoms with Crippen LogP contribution in [0.5, 0.6) is 0 Å². The molecular weight excluding hydrogens is 174 g/mol. The van der Waals surface area contributed by atoms with Gasteiger partial charge in [-0.2, -0.15) is 0 Å². The van der Waals surface area contributed by atoms with Gasteiger partial charge in [-0.05, 0) is 0 Å². The van der Waals surface area contributed by atoms with E-state index in [1.807, 2.05) is 0 Å². The van der Waals surface area contributed by atoms with Crippen LogP contribution in [0, 0.1) is 0 Å². The van der Waals surface area contributed by atoms with E-state index in [4.69, 9.17) is 7.74 Å². The van der Waals surface area contributed by atoms with Crippen LogP contribution in [-0.2, 0) is 12.8 Å². The van der Waals surface area contributed by atoms with Crippen molar-refractivity contribution in [1.29, 1.82) is 0 Å². The minimum absolute atomic E-state index is 1.16. The van der Waals surface area contributed by atoms with Gasteiger partial charge in [0.15, 0.2) is 0 Å². The van der Waals surface area contributed by atoms with E-state index in [9.17, 15) is 0 Å². The molecule has 0 atom stereocenters. The molecule has 0 amide bonds. The average molecular weight is 188 g/mol. The molecule has 1 aliphatic rings. The summed E-state index contributed by atoms with van der Waals surface area (Å²) in [7, 11) is 7.26. The Labute approximate surface area is 96.9 Å². The van der Waals surface area contributed by atoms with Crippen LogP contribution in [0.15, 0.2) is 0 Å². The third-order valence-electron chi connectivity index (χ3n) is 3.32. The van der Waals surface area contributed by atoms with Gasteiger partial charge >= 0.3 is 96.5 Å². The average Bonchev–Trinajstić information content (AvgIpc) is 2.39. The fourth-order valence-electron chi connectivity index (χ4n) is 2.39. The van der Waals surface area contributed by atoms with Gasteiger partial charge in [-0.15, -0.1) is 0 Å². The van der Waals surface area contributed by atoms with Crippen LogP contribution in [0.4, 0.5) is 0 Å². The van der Waals surface area contributed by atoms with Gasteiger partial charge in [0.2, 0.25) is 0 Å². The predicted molar refractivity (Wildman–Crippen MR) is 72.1 cm³/mol. The van der Waals surface area contributed by atoms with Gasteiger partial charge in [0.05, 0.1) is 0 Å². The van der Waals surface area contributed by atoms with Crippen molar-refractivity contribution in [2.45, 2.75) is 44.9 Å². The van der Waals surface area contributed by atoms with Crippen molar-refractivity contribution in [2.75, 3.05) is 0 Å². The molecule has 0 aromatic carbocycles. The Kier molecular flexibility index (Phi) is 4.47. The molecule has 0 saturated heterocycles. The summed E-state index contributed by atoms with van der Waals surface area (Å²) >= 11 is 0. The summed E-state index contributed by atoms with van der Waals surface area (Å²) in [6.45, 7) is 6.66. The summed E-state index contributed by atoms with van der Waals surface area (Å²) < 4.78 is 0. The van der Waals surface area contributed by atoms with E-state index >= 15 is 0 Å². The van der Waals surface area contributed by atoms with E-state index < -0.39 is 0 Å². The zero-order valence-electron chi connectivity index (χ0n) is 9.34. The second-order valence-electron chi connectivity index (χ2n) is 4.46. The van der Waals surface area contributed by atoms with Gasteiger partial charge < -0.3 is 0 Å². The van der Waals surface area contributed by atoms with E-state index in [2.05, 4.69) is 20.5 Å². The predicted octanol–water partition coefficient (Wildman–Crippen LogP) is 0.163. The minimum atomic E-state index is 1.16. The van der Waals surface area contributed by atoms with Gasteiger partial charge in [0.1, 0.15) is 0 Å². The number of hydrogen-bond acceptors (Lipinski definition) is 0. The monoisotopic (exact) mass is 189 g/mol. The molecule has 0 bridgehead atoms. The van der Waals surface area contributed by atoms with E-state index in [1.165, 1.54) is 50.4 Å². The number of hydrogen-bond donors (Lipinski definition) is 0. The second kappa shape index (κ2) is 5.87. The molecule has 1 aromatic heterocycles. The molecule has 0 spiro atoms. The summed E-state index contributed by atoms with van der Waals surface area (Å²) in [6, 6.07) is 0. The quantitative estimate of drug-likeness (QED) is 0.551. The van der Waals surface area contributed by atoms with Gasteiger partial charge in [-0.3, -0.25) is 0 Å². The molecular formula is C10H14B5. The first-order chi connectivity index (χ1) is 7.40. The van der Waals surface area contributed by atoms with Crippen molar-refractivity contribution in [3.63, 3.8) is 0 Å². The summed E-state index contributed by atoms with van der Waals surface area (Å²) in [5.41, 5.74) is 3.07. The first-order valence-electron chi connectivity index (χ1n) is 6.07. The Hall–Kier alpha value is -0.0653. The van der Waals surface area contributed by atoms with Crippen LogP contribution in [0.2, 0.25) is 0 Å². The van der Waals surface area contributed by atoms with Gasteiger partial charge in [0, 0.05) is 0 Å². The van der Waals surface area contributed by atoms with Gasteiger partial charge in [-0.1, -0.05) is 0 Å². The van der Waals surface area contributed by atoms with Crippen LogP contribution in [-0.4, -0.2) is 35.4 Å². The molecule has 0 saturated carbocycles. The zero-order valence-corrected chi connectivity index (χ0v) is 9.34. The molecule has 2 rings (SSSR count). The summed E-state index contributed by atoms with van der Waals surface area (Å²) in [4.78, 5) is 0. The fourth-order valence-corrected chi connectivity index (χ4v) is 2.39. The van der Waals surface area contributed by atoms with Gasteiger partial charge in [0.25, 0.3) is 0 Å². The van der Waals surface area contributed by atoms with Crippen LogP contribution < -0.4 is 5.25 Å². The number of fused-ring (bicyclic) bond motifs is 1. The van der Waals surface area contributed by atoms with Gasteiger partial charge in [-0.25, -0.2) is 0 Å². The van der Waals surface area contributed by atoms with Crippen molar-refractivity contribution >= 4 is 40.7 Å². The molecule has 1 aliphatic carbocycles. The van der Waals surface area contributed by atoms with E-state index in [0.29, 0.717) is 0 Å². The number of rotatable bonds is 1. The molecule has 1 aromatic rings. The summed E-state index contributed by atoms with van der Waals surface area (Å²) in [6.07, 6.45) is 9.35. The Morgan fingerprint density at radius 3 is 2.27 bits per heavy atom. The van der Waals surface area contributed by atoms with Crippen LogP contribution in [0.3, 0.4) is 0 Å². The normalized spacial score (nSPS) is 16.3. The van der Waals surface area contributed by atoms with Crippen molar-refractivity contribution in [3.8, 4) is 0 Å². The third-order valence-corrected chi connectivity index (χ3v) is 3.32. The molecule has 0 fully saturated rings. The molecule has 0 N–H and O–H groups in total. The zero-order chi connectivity index (χ0) is 10.5. The van der Waals surface area contributed by atoms with Crippen molar-refractivity contribution in [3.05, 3.63) is 10.9 Å². The van der Waals surface area contributed by atoms with E-state index in [-0.39, 0.29) is 0 Å². The Balaban J connectivity index is 2.21. The summed E-state index contributed by atoms with van der Waals surface area (Å²) in [5.74, 6) is 0. The van der Waals surface area contributed by atoms with Crippen molar-refractivity contribution in [2.24, 2.45) is 0 Å². The number of aryl methyl sites for hydroxylation is 2. The molecule has 0 unspecified atom stereocenters. The van der Waals surface area contributed by atoms with E-state index in [0.717, 1.165) is 5.25 Å². The molecule has 1 heterocycles.